The van der Waals surface area contributed by atoms with E-state index in [2.05, 4.69) is 15.5 Å². The van der Waals surface area contributed by atoms with Gasteiger partial charge in [-0.05, 0) is 31.4 Å². The molecule has 84 valence electrons. The van der Waals surface area contributed by atoms with Crippen molar-refractivity contribution in [2.75, 3.05) is 11.9 Å². The molecule has 0 unspecified atom stereocenters. The predicted octanol–water partition coefficient (Wildman–Crippen LogP) is 3.54. The smallest absolute Gasteiger partial charge is 0.151 e. The summed E-state index contributed by atoms with van der Waals surface area (Å²) in [6, 6.07) is 3.98. The summed E-state index contributed by atoms with van der Waals surface area (Å²) in [4.78, 5) is 1.17. The number of thiophene rings is 1. The van der Waals surface area contributed by atoms with Gasteiger partial charge in [0.2, 0.25) is 0 Å². The number of hydrogen-bond acceptors (Lipinski definition) is 3. The van der Waals surface area contributed by atoms with Gasteiger partial charge in [0.05, 0.1) is 14.9 Å². The van der Waals surface area contributed by atoms with Crippen molar-refractivity contribution in [1.29, 1.82) is 0 Å². The molecule has 3 nitrogen and oxygen atoms in total. The maximum Gasteiger partial charge on any atom is 0.151 e. The lowest BCUT2D eigenvalue weighted by atomic mass is 10.1. The average Bonchev–Trinajstić information content (AvgIpc) is 2.79. The fourth-order valence-corrected chi connectivity index (χ4v) is 3.11. The van der Waals surface area contributed by atoms with Gasteiger partial charge in [-0.2, -0.15) is 5.10 Å². The number of halogens is 1. The molecule has 0 spiro atoms. The third-order valence-electron chi connectivity index (χ3n) is 2.83. The Hall–Kier alpha value is -1.00. The third-order valence-corrected chi connectivity index (χ3v) is 4.08. The van der Waals surface area contributed by atoms with E-state index in [1.807, 2.05) is 12.1 Å². The average molecular weight is 254 g/mol. The molecule has 5 heteroatoms. The molecule has 0 radical (unpaired) electrons. The van der Waals surface area contributed by atoms with Crippen LogP contribution in [0.4, 0.5) is 5.82 Å². The van der Waals surface area contributed by atoms with Crippen molar-refractivity contribution in [2.24, 2.45) is 0 Å². The molecule has 0 bridgehead atoms. The molecule has 0 saturated heterocycles. The van der Waals surface area contributed by atoms with Crippen molar-refractivity contribution in [2.45, 2.75) is 19.3 Å². The number of aromatic nitrogens is 2. The van der Waals surface area contributed by atoms with Crippen LogP contribution in [0.2, 0.25) is 4.34 Å². The minimum atomic E-state index is 0.819. The molecule has 0 saturated carbocycles. The lowest BCUT2D eigenvalue weighted by molar-refractivity contribution is 0.784. The molecule has 0 atom stereocenters. The highest BCUT2D eigenvalue weighted by Crippen LogP contribution is 2.35. The molecule has 0 aliphatic carbocycles. The number of nitrogens with one attached hydrogen (secondary N) is 2. The molecule has 2 aromatic rings. The summed E-state index contributed by atoms with van der Waals surface area (Å²) in [5, 5.41) is 10.8. The van der Waals surface area contributed by atoms with E-state index in [1.165, 1.54) is 23.3 Å². The summed E-state index contributed by atoms with van der Waals surface area (Å²) < 4.78 is 0.819. The Bertz CT molecular complexity index is 503. The molecule has 2 N–H and O–H groups in total. The van der Waals surface area contributed by atoms with E-state index in [4.69, 9.17) is 11.6 Å². The number of nitrogens with zero attached hydrogens (tertiary/aromatic N) is 1. The van der Waals surface area contributed by atoms with Crippen LogP contribution in [0.25, 0.3) is 10.6 Å². The van der Waals surface area contributed by atoms with Crippen molar-refractivity contribution >= 4 is 28.8 Å². The van der Waals surface area contributed by atoms with Crippen LogP contribution >= 0.6 is 22.9 Å². The number of aromatic amines is 1. The van der Waals surface area contributed by atoms with Crippen LogP contribution in [0, 0.1) is 0 Å². The van der Waals surface area contributed by atoms with Gasteiger partial charge in [-0.15, -0.1) is 11.3 Å². The highest BCUT2D eigenvalue weighted by molar-refractivity contribution is 7.19. The van der Waals surface area contributed by atoms with Crippen LogP contribution < -0.4 is 5.32 Å². The molecule has 2 aromatic heterocycles. The van der Waals surface area contributed by atoms with E-state index >= 15 is 0 Å². The van der Waals surface area contributed by atoms with Crippen LogP contribution in [0.15, 0.2) is 12.1 Å². The molecule has 1 aliphatic rings. The van der Waals surface area contributed by atoms with Crippen molar-refractivity contribution in [3.63, 3.8) is 0 Å². The van der Waals surface area contributed by atoms with E-state index in [1.54, 1.807) is 11.3 Å². The van der Waals surface area contributed by atoms with Crippen molar-refractivity contribution < 1.29 is 0 Å². The van der Waals surface area contributed by atoms with Gasteiger partial charge in [0.1, 0.15) is 0 Å². The first kappa shape index (κ1) is 10.2. The Morgan fingerprint density at radius 3 is 3.06 bits per heavy atom. The second-order valence-corrected chi connectivity index (χ2v) is 5.63. The fourth-order valence-electron chi connectivity index (χ4n) is 2.04. The van der Waals surface area contributed by atoms with Crippen molar-refractivity contribution in [3.8, 4) is 10.6 Å². The van der Waals surface area contributed by atoms with Gasteiger partial charge in [-0.25, -0.2) is 0 Å². The Morgan fingerprint density at radius 2 is 2.25 bits per heavy atom. The summed E-state index contributed by atoms with van der Waals surface area (Å²) in [5.74, 6) is 1.01. The molecular weight excluding hydrogens is 242 g/mol. The SMILES string of the molecule is Clc1ccc(-c2[nH]nc3c2CCCCN3)s1. The Labute approximate surface area is 103 Å². The summed E-state index contributed by atoms with van der Waals surface area (Å²) in [5.41, 5.74) is 2.43. The largest absolute Gasteiger partial charge is 0.368 e. The van der Waals surface area contributed by atoms with Gasteiger partial charge in [0, 0.05) is 12.1 Å². The second-order valence-electron chi connectivity index (χ2n) is 3.91. The van der Waals surface area contributed by atoms with Crippen LogP contribution in [-0.4, -0.2) is 16.7 Å². The first-order chi connectivity index (χ1) is 7.84. The zero-order valence-electron chi connectivity index (χ0n) is 8.72. The maximum atomic E-state index is 5.96. The Kier molecular flexibility index (Phi) is 2.61. The van der Waals surface area contributed by atoms with Gasteiger partial charge in [-0.3, -0.25) is 5.10 Å². The number of hydrogen-bond donors (Lipinski definition) is 2. The topological polar surface area (TPSA) is 40.7 Å². The summed E-state index contributed by atoms with van der Waals surface area (Å²) in [7, 11) is 0. The highest BCUT2D eigenvalue weighted by Gasteiger charge is 2.17. The molecule has 0 fully saturated rings. The number of H-pyrrole nitrogens is 1. The number of anilines is 1. The molecule has 0 aromatic carbocycles. The van der Waals surface area contributed by atoms with E-state index in [-0.39, 0.29) is 0 Å². The van der Waals surface area contributed by atoms with Crippen LogP contribution in [0.3, 0.4) is 0 Å². The highest BCUT2D eigenvalue weighted by atomic mass is 35.5. The molecule has 1 aliphatic heterocycles. The normalized spacial score (nSPS) is 15.3. The summed E-state index contributed by atoms with van der Waals surface area (Å²) in [6.07, 6.45) is 3.51. The lowest BCUT2D eigenvalue weighted by Crippen LogP contribution is -1.99. The van der Waals surface area contributed by atoms with Gasteiger partial charge < -0.3 is 5.32 Å². The summed E-state index contributed by atoms with van der Waals surface area (Å²) in [6.45, 7) is 1.02. The van der Waals surface area contributed by atoms with Crippen LogP contribution in [0.1, 0.15) is 18.4 Å². The zero-order valence-corrected chi connectivity index (χ0v) is 10.3. The van der Waals surface area contributed by atoms with Crippen molar-refractivity contribution in [1.82, 2.24) is 10.2 Å². The van der Waals surface area contributed by atoms with Gasteiger partial charge in [0.15, 0.2) is 5.82 Å². The molecule has 3 heterocycles. The maximum absolute atomic E-state index is 5.96. The van der Waals surface area contributed by atoms with Gasteiger partial charge >= 0.3 is 0 Å². The number of rotatable bonds is 1. The minimum absolute atomic E-state index is 0.819. The molecule has 16 heavy (non-hydrogen) atoms. The first-order valence-corrected chi connectivity index (χ1v) is 6.61. The van der Waals surface area contributed by atoms with E-state index in [0.717, 1.165) is 28.8 Å². The first-order valence-electron chi connectivity index (χ1n) is 5.41. The van der Waals surface area contributed by atoms with Gasteiger partial charge in [0.25, 0.3) is 0 Å². The van der Waals surface area contributed by atoms with E-state index in [9.17, 15) is 0 Å². The van der Waals surface area contributed by atoms with E-state index < -0.39 is 0 Å². The molecule has 0 amide bonds. The monoisotopic (exact) mass is 253 g/mol. The second kappa shape index (κ2) is 4.11. The van der Waals surface area contributed by atoms with E-state index in [0.29, 0.717) is 0 Å². The summed E-state index contributed by atoms with van der Waals surface area (Å²) >= 11 is 7.55. The lowest BCUT2D eigenvalue weighted by Gasteiger charge is -1.99. The standard InChI is InChI=1S/C11H12ClN3S/c12-9-5-4-8(16-9)10-7-3-1-2-6-13-11(7)15-14-10/h4-5H,1-3,6H2,(H2,13,14,15). The third kappa shape index (κ3) is 1.72. The molecular formula is C11H12ClN3S. The van der Waals surface area contributed by atoms with Crippen LogP contribution in [0.5, 0.6) is 0 Å². The minimum Gasteiger partial charge on any atom is -0.368 e. The zero-order chi connectivity index (χ0) is 11.0. The fraction of sp³-hybridized carbons (Fsp3) is 0.364. The van der Waals surface area contributed by atoms with Crippen LogP contribution in [-0.2, 0) is 6.42 Å². The Morgan fingerprint density at radius 1 is 1.31 bits per heavy atom. The Balaban J connectivity index is 2.05. The van der Waals surface area contributed by atoms with Crippen molar-refractivity contribution in [3.05, 3.63) is 22.0 Å². The number of fused-ring (bicyclic) bond motifs is 1. The van der Waals surface area contributed by atoms with Gasteiger partial charge in [-0.1, -0.05) is 11.6 Å². The predicted molar refractivity (Wildman–Crippen MR) is 68.3 cm³/mol. The molecule has 3 rings (SSSR count). The quantitative estimate of drug-likeness (QED) is 0.816.